The Kier molecular flexibility index (Phi) is 4.90. The van der Waals surface area contributed by atoms with Crippen LogP contribution in [0.3, 0.4) is 0 Å². The molecule has 1 nitrogen and oxygen atoms in total. The minimum absolute atomic E-state index is 0. The minimum Gasteiger partial charge on any atom is -0.324 e. The van der Waals surface area contributed by atoms with Crippen molar-refractivity contribution in [3.05, 3.63) is 34.3 Å². The van der Waals surface area contributed by atoms with E-state index < -0.39 is 17.8 Å². The normalized spacial score (nSPS) is 13.2. The number of rotatable bonds is 1. The van der Waals surface area contributed by atoms with Gasteiger partial charge in [-0.1, -0.05) is 11.6 Å². The molecule has 0 saturated heterocycles. The van der Waals surface area contributed by atoms with E-state index in [-0.39, 0.29) is 17.4 Å². The molecule has 6 heteroatoms. The molecule has 2 N–H and O–H groups in total. The van der Waals surface area contributed by atoms with Crippen LogP contribution in [0.2, 0.25) is 5.02 Å². The van der Waals surface area contributed by atoms with Crippen molar-refractivity contribution < 1.29 is 13.2 Å². The summed E-state index contributed by atoms with van der Waals surface area (Å²) in [6, 6.07) is 2.62. The van der Waals surface area contributed by atoms with E-state index in [1.54, 1.807) is 6.92 Å². The third-order valence-corrected chi connectivity index (χ3v) is 2.16. The van der Waals surface area contributed by atoms with E-state index in [2.05, 4.69) is 0 Å². The van der Waals surface area contributed by atoms with Crippen LogP contribution in [0.5, 0.6) is 0 Å². The quantitative estimate of drug-likeness (QED) is 0.816. The van der Waals surface area contributed by atoms with E-state index in [0.717, 1.165) is 12.1 Å². The van der Waals surface area contributed by atoms with Gasteiger partial charge in [-0.3, -0.25) is 0 Å². The standard InChI is InChI=1S/C9H9ClF3N.ClH/c1-5(14)7-4-6(9(11,12)13)2-3-8(7)10;/h2-5H,14H2,1H3;1H/t5-;/m0./s1. The van der Waals surface area contributed by atoms with E-state index in [0.29, 0.717) is 5.56 Å². The van der Waals surface area contributed by atoms with Crippen molar-refractivity contribution in [2.45, 2.75) is 19.1 Å². The summed E-state index contributed by atoms with van der Waals surface area (Å²) in [6.45, 7) is 1.58. The maximum Gasteiger partial charge on any atom is 0.416 e. The summed E-state index contributed by atoms with van der Waals surface area (Å²) in [4.78, 5) is 0. The van der Waals surface area contributed by atoms with Gasteiger partial charge in [0.15, 0.2) is 0 Å². The van der Waals surface area contributed by atoms with Gasteiger partial charge in [0.25, 0.3) is 0 Å². The molecular formula is C9H10Cl2F3N. The highest BCUT2D eigenvalue weighted by Crippen LogP contribution is 2.33. The Hall–Kier alpha value is -0.450. The van der Waals surface area contributed by atoms with Gasteiger partial charge in [-0.05, 0) is 30.7 Å². The topological polar surface area (TPSA) is 26.0 Å². The predicted molar refractivity (Wildman–Crippen MR) is 56.3 cm³/mol. The molecule has 0 aliphatic carbocycles. The fourth-order valence-electron chi connectivity index (χ4n) is 1.07. The number of nitrogens with two attached hydrogens (primary N) is 1. The smallest absolute Gasteiger partial charge is 0.324 e. The number of halogens is 5. The molecule has 0 amide bonds. The molecule has 86 valence electrons. The Balaban J connectivity index is 0.00000196. The summed E-state index contributed by atoms with van der Waals surface area (Å²) in [7, 11) is 0. The Morgan fingerprint density at radius 2 is 1.87 bits per heavy atom. The fourth-order valence-corrected chi connectivity index (χ4v) is 1.36. The average Bonchev–Trinajstić information content (AvgIpc) is 2.02. The summed E-state index contributed by atoms with van der Waals surface area (Å²) in [5.74, 6) is 0. The zero-order valence-electron chi connectivity index (χ0n) is 7.81. The maximum absolute atomic E-state index is 12.3. The molecule has 0 fully saturated rings. The van der Waals surface area contributed by atoms with Gasteiger partial charge in [0, 0.05) is 11.1 Å². The van der Waals surface area contributed by atoms with Crippen molar-refractivity contribution >= 4 is 24.0 Å². The first-order valence-corrected chi connectivity index (χ1v) is 4.32. The van der Waals surface area contributed by atoms with E-state index in [1.165, 1.54) is 6.07 Å². The molecule has 0 saturated carbocycles. The summed E-state index contributed by atoms with van der Waals surface area (Å²) in [5.41, 5.74) is 5.05. The highest BCUT2D eigenvalue weighted by molar-refractivity contribution is 6.31. The first kappa shape index (κ1) is 14.5. The first-order chi connectivity index (χ1) is 6.32. The van der Waals surface area contributed by atoms with E-state index in [4.69, 9.17) is 17.3 Å². The molecule has 0 radical (unpaired) electrons. The number of benzene rings is 1. The Morgan fingerprint density at radius 1 is 1.33 bits per heavy atom. The van der Waals surface area contributed by atoms with Gasteiger partial charge < -0.3 is 5.73 Å². The van der Waals surface area contributed by atoms with Crippen molar-refractivity contribution in [1.29, 1.82) is 0 Å². The fraction of sp³-hybridized carbons (Fsp3) is 0.333. The largest absolute Gasteiger partial charge is 0.416 e. The number of alkyl halides is 3. The maximum atomic E-state index is 12.3. The van der Waals surface area contributed by atoms with Crippen LogP contribution in [-0.4, -0.2) is 0 Å². The molecule has 1 atom stereocenters. The molecule has 1 aromatic carbocycles. The van der Waals surface area contributed by atoms with Gasteiger partial charge in [-0.2, -0.15) is 13.2 Å². The molecule has 0 heterocycles. The zero-order chi connectivity index (χ0) is 10.9. The van der Waals surface area contributed by atoms with Crippen molar-refractivity contribution in [2.75, 3.05) is 0 Å². The monoisotopic (exact) mass is 259 g/mol. The van der Waals surface area contributed by atoms with E-state index >= 15 is 0 Å². The van der Waals surface area contributed by atoms with Crippen molar-refractivity contribution in [3.63, 3.8) is 0 Å². The van der Waals surface area contributed by atoms with Crippen LogP contribution in [0, 0.1) is 0 Å². The molecule has 0 aliphatic rings. The lowest BCUT2D eigenvalue weighted by atomic mass is 10.1. The second kappa shape index (κ2) is 5.05. The molecule has 0 spiro atoms. The van der Waals surface area contributed by atoms with Gasteiger partial charge in [0.1, 0.15) is 0 Å². The van der Waals surface area contributed by atoms with Crippen LogP contribution < -0.4 is 5.73 Å². The summed E-state index contributed by atoms with van der Waals surface area (Å²) in [6.07, 6.45) is -4.35. The van der Waals surface area contributed by atoms with E-state index in [1.807, 2.05) is 0 Å². The van der Waals surface area contributed by atoms with Crippen LogP contribution >= 0.6 is 24.0 Å². The number of hydrogen-bond acceptors (Lipinski definition) is 1. The lowest BCUT2D eigenvalue weighted by molar-refractivity contribution is -0.137. The molecule has 0 bridgehead atoms. The van der Waals surface area contributed by atoms with Gasteiger partial charge in [0.2, 0.25) is 0 Å². The lowest BCUT2D eigenvalue weighted by Crippen LogP contribution is -2.10. The van der Waals surface area contributed by atoms with Crippen LogP contribution in [0.4, 0.5) is 13.2 Å². The molecule has 15 heavy (non-hydrogen) atoms. The Bertz CT molecular complexity index is 337. The van der Waals surface area contributed by atoms with Crippen LogP contribution in [0.15, 0.2) is 18.2 Å². The van der Waals surface area contributed by atoms with Crippen LogP contribution in [0.1, 0.15) is 24.1 Å². The Morgan fingerprint density at radius 3 is 2.27 bits per heavy atom. The van der Waals surface area contributed by atoms with E-state index in [9.17, 15) is 13.2 Å². The second-order valence-corrected chi connectivity index (χ2v) is 3.43. The summed E-state index contributed by atoms with van der Waals surface area (Å²) in [5, 5.41) is 0.257. The van der Waals surface area contributed by atoms with Gasteiger partial charge >= 0.3 is 6.18 Å². The van der Waals surface area contributed by atoms with Crippen molar-refractivity contribution in [3.8, 4) is 0 Å². The molecule has 1 rings (SSSR count). The number of hydrogen-bond donors (Lipinski definition) is 1. The highest BCUT2D eigenvalue weighted by atomic mass is 35.5. The van der Waals surface area contributed by atoms with Crippen molar-refractivity contribution in [2.24, 2.45) is 5.73 Å². The van der Waals surface area contributed by atoms with Crippen LogP contribution in [0.25, 0.3) is 0 Å². The zero-order valence-corrected chi connectivity index (χ0v) is 9.38. The summed E-state index contributed by atoms with van der Waals surface area (Å²) < 4.78 is 36.8. The lowest BCUT2D eigenvalue weighted by Gasteiger charge is -2.12. The third kappa shape index (κ3) is 3.55. The Labute approximate surface area is 96.8 Å². The van der Waals surface area contributed by atoms with Gasteiger partial charge in [-0.25, -0.2) is 0 Å². The molecule has 0 unspecified atom stereocenters. The molecule has 0 aliphatic heterocycles. The highest BCUT2D eigenvalue weighted by Gasteiger charge is 2.31. The van der Waals surface area contributed by atoms with Gasteiger partial charge in [-0.15, -0.1) is 12.4 Å². The van der Waals surface area contributed by atoms with Crippen LogP contribution in [-0.2, 0) is 6.18 Å². The average molecular weight is 260 g/mol. The molecule has 0 aromatic heterocycles. The predicted octanol–water partition coefficient (Wildman–Crippen LogP) is 3.80. The molecular weight excluding hydrogens is 250 g/mol. The third-order valence-electron chi connectivity index (χ3n) is 1.81. The van der Waals surface area contributed by atoms with Crippen molar-refractivity contribution in [1.82, 2.24) is 0 Å². The molecule has 1 aromatic rings. The summed E-state index contributed by atoms with van der Waals surface area (Å²) >= 11 is 5.69. The minimum atomic E-state index is -4.35. The SMILES string of the molecule is C[C@H](N)c1cc(C(F)(F)F)ccc1Cl.Cl. The van der Waals surface area contributed by atoms with Gasteiger partial charge in [0.05, 0.1) is 5.56 Å². The first-order valence-electron chi connectivity index (χ1n) is 3.94. The second-order valence-electron chi connectivity index (χ2n) is 3.02.